The largest absolute Gasteiger partial charge is 0.350 e. The van der Waals surface area contributed by atoms with Crippen molar-refractivity contribution < 1.29 is 14.4 Å². The van der Waals surface area contributed by atoms with Crippen LogP contribution in [0.2, 0.25) is 0 Å². The Balaban J connectivity index is 1.57. The molecule has 1 atom stereocenters. The molecule has 0 unspecified atom stereocenters. The molecule has 0 spiro atoms. The number of carbonyl (C=O) groups is 1. The fourth-order valence-corrected chi connectivity index (χ4v) is 2.86. The summed E-state index contributed by atoms with van der Waals surface area (Å²) in [6, 6.07) is 11.7. The van der Waals surface area contributed by atoms with Gasteiger partial charge in [0.25, 0.3) is 5.91 Å². The van der Waals surface area contributed by atoms with Gasteiger partial charge in [-0.05, 0) is 18.9 Å². The maximum Gasteiger partial charge on any atom is 0.280 e. The average Bonchev–Trinajstić information content (AvgIpc) is 3.12. The number of nitrogens with zero attached hydrogens (tertiary/aromatic N) is 3. The van der Waals surface area contributed by atoms with Crippen LogP contribution in [-0.2, 0) is 9.57 Å². The number of hydroxylamine groups is 1. The Morgan fingerprint density at radius 3 is 2.92 bits per heavy atom. The van der Waals surface area contributed by atoms with Crippen LogP contribution in [0.1, 0.15) is 29.6 Å². The fourth-order valence-electron chi connectivity index (χ4n) is 2.86. The van der Waals surface area contributed by atoms with Crippen molar-refractivity contribution in [3.05, 3.63) is 54.4 Å². The van der Waals surface area contributed by atoms with Gasteiger partial charge < -0.3 is 4.74 Å². The highest BCUT2D eigenvalue weighted by atomic mass is 16.8. The summed E-state index contributed by atoms with van der Waals surface area (Å²) < 4.78 is 7.09. The molecule has 1 amide bonds. The summed E-state index contributed by atoms with van der Waals surface area (Å²) in [5.41, 5.74) is 5.14. The van der Waals surface area contributed by atoms with E-state index in [-0.39, 0.29) is 5.91 Å². The lowest BCUT2D eigenvalue weighted by atomic mass is 10.1. The Morgan fingerprint density at radius 1 is 1.24 bits per heavy atom. The van der Waals surface area contributed by atoms with E-state index in [1.165, 1.54) is 6.20 Å². The number of fused-ring (bicyclic) bond motifs is 1. The van der Waals surface area contributed by atoms with Crippen molar-refractivity contribution in [1.29, 1.82) is 0 Å². The van der Waals surface area contributed by atoms with Crippen molar-refractivity contribution >= 4 is 11.6 Å². The molecule has 128 valence electrons. The zero-order valence-corrected chi connectivity index (χ0v) is 13.6. The monoisotopic (exact) mass is 338 g/mol. The van der Waals surface area contributed by atoms with Crippen LogP contribution in [0.3, 0.4) is 0 Å². The van der Waals surface area contributed by atoms with E-state index in [2.05, 4.69) is 15.6 Å². The van der Waals surface area contributed by atoms with E-state index < -0.39 is 6.29 Å². The molecule has 2 aromatic heterocycles. The minimum absolute atomic E-state index is 0.355. The third-order valence-electron chi connectivity index (χ3n) is 4.14. The van der Waals surface area contributed by atoms with Crippen molar-refractivity contribution in [2.24, 2.45) is 0 Å². The molecule has 0 aliphatic carbocycles. The summed E-state index contributed by atoms with van der Waals surface area (Å²) >= 11 is 0. The number of hydrogen-bond donors (Lipinski definition) is 1. The molecule has 0 radical (unpaired) electrons. The standard InChI is InChI=1S/C18H18N4O3/c23-18(21-25-16-8-4-5-11-24-16)14-12-20-22-15(9-10-19-17(14)22)13-6-2-1-3-7-13/h1-3,6-7,9-10,12,16H,4-5,8,11H2,(H,21,23)/t16-/m1/s1. The molecule has 1 aliphatic rings. The Morgan fingerprint density at radius 2 is 2.12 bits per heavy atom. The number of ether oxygens (including phenoxy) is 1. The van der Waals surface area contributed by atoms with E-state index in [0.717, 1.165) is 30.5 Å². The van der Waals surface area contributed by atoms with Crippen LogP contribution in [0.4, 0.5) is 0 Å². The first-order valence-corrected chi connectivity index (χ1v) is 8.29. The second-order valence-electron chi connectivity index (χ2n) is 5.83. The van der Waals surface area contributed by atoms with Crippen molar-refractivity contribution in [1.82, 2.24) is 20.1 Å². The third-order valence-corrected chi connectivity index (χ3v) is 4.14. The SMILES string of the molecule is O=C(NO[C@@H]1CCCCO1)c1cnn2c(-c3ccccc3)ccnc12. The fraction of sp³-hybridized carbons (Fsp3) is 0.278. The molecule has 1 N–H and O–H groups in total. The van der Waals surface area contributed by atoms with Gasteiger partial charge in [-0.3, -0.25) is 4.79 Å². The highest BCUT2D eigenvalue weighted by molar-refractivity contribution is 5.99. The lowest BCUT2D eigenvalue weighted by Crippen LogP contribution is -2.33. The maximum absolute atomic E-state index is 12.4. The second-order valence-corrected chi connectivity index (χ2v) is 5.83. The molecule has 1 saturated heterocycles. The summed E-state index contributed by atoms with van der Waals surface area (Å²) in [7, 11) is 0. The van der Waals surface area contributed by atoms with Gasteiger partial charge in [-0.15, -0.1) is 0 Å². The molecule has 1 aliphatic heterocycles. The Bertz CT molecular complexity index is 872. The molecule has 0 bridgehead atoms. The molecule has 0 saturated carbocycles. The summed E-state index contributed by atoms with van der Waals surface area (Å²) in [5.74, 6) is -0.387. The molecule has 7 nitrogen and oxygen atoms in total. The molecular weight excluding hydrogens is 320 g/mol. The highest BCUT2D eigenvalue weighted by Crippen LogP contribution is 2.20. The van der Waals surface area contributed by atoms with Crippen LogP contribution >= 0.6 is 0 Å². The first-order chi connectivity index (χ1) is 12.3. The summed E-state index contributed by atoms with van der Waals surface area (Å²) in [4.78, 5) is 22.1. The van der Waals surface area contributed by atoms with E-state index in [9.17, 15) is 4.79 Å². The number of carbonyl (C=O) groups excluding carboxylic acids is 1. The van der Waals surface area contributed by atoms with Crippen LogP contribution < -0.4 is 5.48 Å². The van der Waals surface area contributed by atoms with Gasteiger partial charge in [0.1, 0.15) is 5.56 Å². The first-order valence-electron chi connectivity index (χ1n) is 8.29. The van der Waals surface area contributed by atoms with Crippen LogP contribution in [0.5, 0.6) is 0 Å². The predicted molar refractivity (Wildman–Crippen MR) is 90.6 cm³/mol. The van der Waals surface area contributed by atoms with Gasteiger partial charge in [0, 0.05) is 24.8 Å². The Labute approximate surface area is 144 Å². The first kappa shape index (κ1) is 15.7. The van der Waals surface area contributed by atoms with Gasteiger partial charge >= 0.3 is 0 Å². The van der Waals surface area contributed by atoms with E-state index >= 15 is 0 Å². The van der Waals surface area contributed by atoms with E-state index in [0.29, 0.717) is 17.8 Å². The van der Waals surface area contributed by atoms with Crippen LogP contribution in [-0.4, -0.2) is 33.4 Å². The molecule has 7 heteroatoms. The summed E-state index contributed by atoms with van der Waals surface area (Å²) in [6.45, 7) is 0.652. The number of hydrogen-bond acceptors (Lipinski definition) is 5. The lowest BCUT2D eigenvalue weighted by molar-refractivity contribution is -0.186. The van der Waals surface area contributed by atoms with Crippen molar-refractivity contribution in [3.8, 4) is 11.3 Å². The zero-order chi connectivity index (χ0) is 17.1. The highest BCUT2D eigenvalue weighted by Gasteiger charge is 2.19. The van der Waals surface area contributed by atoms with E-state index in [1.54, 1.807) is 10.7 Å². The molecule has 1 fully saturated rings. The van der Waals surface area contributed by atoms with Gasteiger partial charge in [-0.2, -0.15) is 5.10 Å². The zero-order valence-electron chi connectivity index (χ0n) is 13.6. The van der Waals surface area contributed by atoms with Crippen molar-refractivity contribution in [3.63, 3.8) is 0 Å². The topological polar surface area (TPSA) is 77.8 Å². The van der Waals surface area contributed by atoms with Crippen molar-refractivity contribution in [2.75, 3.05) is 6.61 Å². The van der Waals surface area contributed by atoms with E-state index in [1.807, 2.05) is 36.4 Å². The molecule has 4 rings (SSSR count). The molecule has 25 heavy (non-hydrogen) atoms. The van der Waals surface area contributed by atoms with Gasteiger partial charge in [0.15, 0.2) is 11.9 Å². The van der Waals surface area contributed by atoms with Gasteiger partial charge in [0.2, 0.25) is 0 Å². The van der Waals surface area contributed by atoms with E-state index in [4.69, 9.17) is 9.57 Å². The van der Waals surface area contributed by atoms with Crippen LogP contribution in [0.15, 0.2) is 48.8 Å². The second kappa shape index (κ2) is 7.00. The van der Waals surface area contributed by atoms with Gasteiger partial charge in [0.05, 0.1) is 11.9 Å². The molecule has 3 heterocycles. The quantitative estimate of drug-likeness (QED) is 0.740. The lowest BCUT2D eigenvalue weighted by Gasteiger charge is -2.21. The number of aromatic nitrogens is 3. The van der Waals surface area contributed by atoms with Gasteiger partial charge in [-0.1, -0.05) is 30.3 Å². The normalized spacial score (nSPS) is 17.5. The number of nitrogens with one attached hydrogen (secondary N) is 1. The number of rotatable bonds is 4. The number of benzene rings is 1. The Kier molecular flexibility index (Phi) is 4.41. The molecule has 1 aromatic carbocycles. The molecular formula is C18H18N4O3. The average molecular weight is 338 g/mol. The number of amides is 1. The Hall–Kier alpha value is -2.77. The molecule has 3 aromatic rings. The minimum atomic E-state index is -0.396. The smallest absolute Gasteiger partial charge is 0.280 e. The minimum Gasteiger partial charge on any atom is -0.350 e. The predicted octanol–water partition coefficient (Wildman–Crippen LogP) is 2.58. The van der Waals surface area contributed by atoms with Crippen molar-refractivity contribution in [2.45, 2.75) is 25.6 Å². The summed E-state index contributed by atoms with van der Waals surface area (Å²) in [5, 5.41) is 4.32. The third kappa shape index (κ3) is 3.24. The van der Waals surface area contributed by atoms with Gasteiger partial charge in [-0.25, -0.2) is 19.8 Å². The van der Waals surface area contributed by atoms with Crippen LogP contribution in [0, 0.1) is 0 Å². The van der Waals surface area contributed by atoms with Crippen LogP contribution in [0.25, 0.3) is 16.9 Å². The maximum atomic E-state index is 12.4. The summed E-state index contributed by atoms with van der Waals surface area (Å²) in [6.07, 6.45) is 5.59.